The second-order valence-corrected chi connectivity index (χ2v) is 3.05. The van der Waals surface area contributed by atoms with E-state index in [1.54, 1.807) is 19.9 Å². The molecule has 0 aliphatic carbocycles. The fraction of sp³-hybridized carbons (Fsp3) is 0.300. The number of nitrogens with one attached hydrogen (secondary N) is 1. The van der Waals surface area contributed by atoms with Crippen LogP contribution in [0.4, 0.5) is 0 Å². The Kier molecular flexibility index (Phi) is 3.82. The van der Waals surface area contributed by atoms with Gasteiger partial charge in [0.1, 0.15) is 0 Å². The molecule has 0 fully saturated rings. The molecule has 6 heteroatoms. The number of aromatic amines is 1. The molecule has 1 heterocycles. The van der Waals surface area contributed by atoms with E-state index in [0.29, 0.717) is 5.69 Å². The van der Waals surface area contributed by atoms with Crippen molar-refractivity contribution >= 4 is 11.7 Å². The van der Waals surface area contributed by atoms with Crippen LogP contribution in [0.1, 0.15) is 18.2 Å². The summed E-state index contributed by atoms with van der Waals surface area (Å²) in [7, 11) is 0. The van der Waals surface area contributed by atoms with Gasteiger partial charge in [0, 0.05) is 5.69 Å². The molecule has 0 aromatic carbocycles. The number of rotatable bonds is 3. The quantitative estimate of drug-likeness (QED) is 0.337. The smallest absolute Gasteiger partial charge is 0.361 e. The van der Waals surface area contributed by atoms with Crippen LogP contribution in [-0.2, 0) is 9.53 Å². The van der Waals surface area contributed by atoms with Crippen molar-refractivity contribution in [3.05, 3.63) is 33.7 Å². The zero-order valence-electron chi connectivity index (χ0n) is 8.98. The molecule has 0 amide bonds. The molecule has 0 atom stereocenters. The molecule has 6 nitrogen and oxygen atoms in total. The molecule has 0 unspecified atom stereocenters. The lowest BCUT2D eigenvalue weighted by atomic mass is 10.1. The number of pyridine rings is 1. The molecule has 0 bridgehead atoms. The minimum atomic E-state index is -0.834. The first-order valence-electron chi connectivity index (χ1n) is 4.69. The lowest BCUT2D eigenvalue weighted by molar-refractivity contribution is -0.135. The summed E-state index contributed by atoms with van der Waals surface area (Å²) < 4.78 is 4.65. The van der Waals surface area contributed by atoms with Gasteiger partial charge in [-0.2, -0.15) is 0 Å². The molecule has 0 aliphatic rings. The predicted molar refractivity (Wildman–Crippen MR) is 56.8 cm³/mol. The minimum absolute atomic E-state index is 0.0217. The van der Waals surface area contributed by atoms with Crippen molar-refractivity contribution < 1.29 is 14.7 Å². The van der Waals surface area contributed by atoms with Crippen molar-refractivity contribution in [2.24, 2.45) is 5.16 Å². The van der Waals surface area contributed by atoms with Crippen LogP contribution < -0.4 is 5.56 Å². The number of carbonyl (C=O) groups is 1. The molecule has 0 aliphatic heterocycles. The molecule has 2 N–H and O–H groups in total. The molecule has 0 radical (unpaired) electrons. The van der Waals surface area contributed by atoms with Crippen molar-refractivity contribution in [2.45, 2.75) is 13.8 Å². The van der Waals surface area contributed by atoms with Crippen LogP contribution in [0.15, 0.2) is 22.1 Å². The monoisotopic (exact) mass is 224 g/mol. The van der Waals surface area contributed by atoms with Gasteiger partial charge in [-0.3, -0.25) is 4.79 Å². The van der Waals surface area contributed by atoms with Crippen LogP contribution in [0.3, 0.4) is 0 Å². The summed E-state index contributed by atoms with van der Waals surface area (Å²) in [6, 6.07) is 3.00. The van der Waals surface area contributed by atoms with Crippen LogP contribution in [0.5, 0.6) is 0 Å². The maximum absolute atomic E-state index is 11.5. The first-order valence-corrected chi connectivity index (χ1v) is 4.69. The number of H-pyrrole nitrogens is 1. The van der Waals surface area contributed by atoms with Crippen molar-refractivity contribution in [3.63, 3.8) is 0 Å². The molecule has 1 rings (SSSR count). The first-order chi connectivity index (χ1) is 7.60. The van der Waals surface area contributed by atoms with E-state index < -0.39 is 17.2 Å². The summed E-state index contributed by atoms with van der Waals surface area (Å²) in [5.41, 5.74) is -0.273. The van der Waals surface area contributed by atoms with Crippen LogP contribution in [-0.4, -0.2) is 28.5 Å². The maximum Gasteiger partial charge on any atom is 0.361 e. The van der Waals surface area contributed by atoms with E-state index in [1.807, 2.05) is 0 Å². The van der Waals surface area contributed by atoms with Crippen molar-refractivity contribution in [1.82, 2.24) is 4.98 Å². The lowest BCUT2D eigenvalue weighted by Crippen LogP contribution is -2.26. The summed E-state index contributed by atoms with van der Waals surface area (Å²) in [5.74, 6) is -0.834. The van der Waals surface area contributed by atoms with Gasteiger partial charge >= 0.3 is 5.97 Å². The van der Waals surface area contributed by atoms with Crippen molar-refractivity contribution in [2.75, 3.05) is 6.61 Å². The summed E-state index contributed by atoms with van der Waals surface area (Å²) in [4.78, 5) is 25.3. The fourth-order valence-electron chi connectivity index (χ4n) is 1.16. The van der Waals surface area contributed by atoms with Crippen LogP contribution in [0.25, 0.3) is 0 Å². The Morgan fingerprint density at radius 1 is 1.56 bits per heavy atom. The van der Waals surface area contributed by atoms with Crippen LogP contribution in [0.2, 0.25) is 0 Å². The first kappa shape index (κ1) is 12.0. The average Bonchev–Trinajstić information content (AvgIpc) is 2.22. The van der Waals surface area contributed by atoms with Crippen LogP contribution in [0, 0.1) is 6.92 Å². The standard InChI is InChI=1S/C10H12N2O4/c1-3-16-10(14)8(12-15)7-5-4-6(2)11-9(7)13/h4-5,15H,3H2,1-2H3,(H,11,13)/b12-8-. The maximum atomic E-state index is 11.5. The van der Waals surface area contributed by atoms with Gasteiger partial charge in [0.25, 0.3) is 5.56 Å². The second kappa shape index (κ2) is 5.11. The summed E-state index contributed by atoms with van der Waals surface area (Å²) in [6.07, 6.45) is 0. The van der Waals surface area contributed by atoms with Gasteiger partial charge in [-0.25, -0.2) is 4.79 Å². The van der Waals surface area contributed by atoms with Gasteiger partial charge in [0.15, 0.2) is 5.71 Å². The lowest BCUT2D eigenvalue weighted by Gasteiger charge is -2.03. The third-order valence-corrected chi connectivity index (χ3v) is 1.88. The van der Waals surface area contributed by atoms with Gasteiger partial charge in [0.2, 0.25) is 0 Å². The highest BCUT2D eigenvalue weighted by molar-refractivity contribution is 6.43. The predicted octanol–water partition coefficient (Wildman–Crippen LogP) is 0.425. The summed E-state index contributed by atoms with van der Waals surface area (Å²) in [5, 5.41) is 11.5. The van der Waals surface area contributed by atoms with E-state index in [9.17, 15) is 9.59 Å². The molecule has 86 valence electrons. The highest BCUT2D eigenvalue weighted by Crippen LogP contribution is 1.98. The minimum Gasteiger partial charge on any atom is -0.461 e. The molecular weight excluding hydrogens is 212 g/mol. The summed E-state index contributed by atoms with van der Waals surface area (Å²) in [6.45, 7) is 3.46. The van der Waals surface area contributed by atoms with Gasteiger partial charge in [0.05, 0.1) is 12.2 Å². The second-order valence-electron chi connectivity index (χ2n) is 3.05. The van der Waals surface area contributed by atoms with E-state index >= 15 is 0 Å². The molecule has 0 saturated heterocycles. The molecular formula is C10H12N2O4. The average molecular weight is 224 g/mol. The number of esters is 1. The number of hydrogen-bond acceptors (Lipinski definition) is 5. The Morgan fingerprint density at radius 3 is 2.75 bits per heavy atom. The number of aromatic nitrogens is 1. The number of oxime groups is 1. The van der Waals surface area contributed by atoms with E-state index in [2.05, 4.69) is 14.9 Å². The van der Waals surface area contributed by atoms with Gasteiger partial charge in [-0.1, -0.05) is 5.16 Å². The Hall–Kier alpha value is -2.11. The fourth-order valence-corrected chi connectivity index (χ4v) is 1.16. The SMILES string of the molecule is CCOC(=O)/C(=N\O)c1ccc(C)[nH]c1=O. The molecule has 0 spiro atoms. The largest absolute Gasteiger partial charge is 0.461 e. The Balaban J connectivity index is 3.16. The Morgan fingerprint density at radius 2 is 2.25 bits per heavy atom. The van der Waals surface area contributed by atoms with Gasteiger partial charge < -0.3 is 14.9 Å². The number of aryl methyl sites for hydroxylation is 1. The molecule has 1 aromatic heterocycles. The Bertz CT molecular complexity index is 476. The number of hydrogen-bond donors (Lipinski definition) is 2. The molecule has 1 aromatic rings. The number of ether oxygens (including phenoxy) is 1. The normalized spacial score (nSPS) is 11.2. The third kappa shape index (κ3) is 2.47. The van der Waals surface area contributed by atoms with E-state index in [1.165, 1.54) is 6.07 Å². The van der Waals surface area contributed by atoms with Gasteiger partial charge in [-0.05, 0) is 26.0 Å². The van der Waals surface area contributed by atoms with E-state index in [0.717, 1.165) is 0 Å². The van der Waals surface area contributed by atoms with E-state index in [-0.39, 0.29) is 12.2 Å². The van der Waals surface area contributed by atoms with E-state index in [4.69, 9.17) is 5.21 Å². The molecule has 0 saturated carbocycles. The zero-order valence-corrected chi connectivity index (χ0v) is 8.98. The number of nitrogens with zero attached hydrogens (tertiary/aromatic N) is 1. The van der Waals surface area contributed by atoms with Crippen LogP contribution >= 0.6 is 0 Å². The highest BCUT2D eigenvalue weighted by atomic mass is 16.5. The zero-order chi connectivity index (χ0) is 12.1. The Labute approximate surface area is 91.6 Å². The highest BCUT2D eigenvalue weighted by Gasteiger charge is 2.19. The topological polar surface area (TPSA) is 91.8 Å². The van der Waals surface area contributed by atoms with Crippen molar-refractivity contribution in [3.8, 4) is 0 Å². The summed E-state index contributed by atoms with van der Waals surface area (Å²) >= 11 is 0. The number of carbonyl (C=O) groups excluding carboxylic acids is 1. The third-order valence-electron chi connectivity index (χ3n) is 1.88. The van der Waals surface area contributed by atoms with Crippen molar-refractivity contribution in [1.29, 1.82) is 0 Å². The molecule has 16 heavy (non-hydrogen) atoms. The van der Waals surface area contributed by atoms with Gasteiger partial charge in [-0.15, -0.1) is 0 Å².